The monoisotopic (exact) mass is 214 g/mol. The van der Waals surface area contributed by atoms with Crippen molar-refractivity contribution in [2.45, 2.75) is 39.3 Å². The Labute approximate surface area is 91.6 Å². The molecule has 1 rings (SSSR count). The standard InChI is InChI=1S/C11H22N2O2/c1-5-11(2,3)10(15)13(4)8-6-12-7-9(8)14/h8-9,12,14H,5-7H2,1-4H3/t8-,9-/m0/s1. The lowest BCUT2D eigenvalue weighted by atomic mass is 9.88. The van der Waals surface area contributed by atoms with Crippen LogP contribution in [0.3, 0.4) is 0 Å². The summed E-state index contributed by atoms with van der Waals surface area (Å²) in [5.74, 6) is 0.109. The van der Waals surface area contributed by atoms with E-state index in [0.29, 0.717) is 13.1 Å². The summed E-state index contributed by atoms with van der Waals surface area (Å²) in [7, 11) is 1.78. The second-order valence-corrected chi connectivity index (χ2v) is 4.95. The lowest BCUT2D eigenvalue weighted by Crippen LogP contribution is -2.49. The number of β-amino-alcohol motifs (C(OH)–C–C–N with tert-alkyl or cyclic N) is 1. The number of carbonyl (C=O) groups is 1. The molecule has 0 saturated carbocycles. The SMILES string of the molecule is CCC(C)(C)C(=O)N(C)[C@H]1CNC[C@@H]1O. The van der Waals surface area contributed by atoms with E-state index in [-0.39, 0.29) is 17.4 Å². The molecule has 0 aromatic carbocycles. The molecule has 4 heteroatoms. The van der Waals surface area contributed by atoms with Crippen molar-refractivity contribution in [2.75, 3.05) is 20.1 Å². The van der Waals surface area contributed by atoms with Gasteiger partial charge in [0.15, 0.2) is 0 Å². The highest BCUT2D eigenvalue weighted by atomic mass is 16.3. The smallest absolute Gasteiger partial charge is 0.228 e. The first-order valence-electron chi connectivity index (χ1n) is 5.56. The molecule has 0 radical (unpaired) electrons. The Bertz CT molecular complexity index is 241. The number of rotatable bonds is 3. The quantitative estimate of drug-likeness (QED) is 0.706. The lowest BCUT2D eigenvalue weighted by molar-refractivity contribution is -0.142. The van der Waals surface area contributed by atoms with E-state index >= 15 is 0 Å². The lowest BCUT2D eigenvalue weighted by Gasteiger charge is -2.33. The van der Waals surface area contributed by atoms with Gasteiger partial charge in [0.2, 0.25) is 5.91 Å². The van der Waals surface area contributed by atoms with E-state index in [1.165, 1.54) is 0 Å². The number of carbonyl (C=O) groups excluding carboxylic acids is 1. The van der Waals surface area contributed by atoms with E-state index in [0.717, 1.165) is 6.42 Å². The first-order chi connectivity index (χ1) is 6.90. The predicted molar refractivity (Wildman–Crippen MR) is 59.5 cm³/mol. The maximum atomic E-state index is 12.1. The van der Waals surface area contributed by atoms with Crippen LogP contribution >= 0.6 is 0 Å². The third kappa shape index (κ3) is 2.49. The van der Waals surface area contributed by atoms with Crippen molar-refractivity contribution in [1.29, 1.82) is 0 Å². The molecule has 1 aliphatic heterocycles. The van der Waals surface area contributed by atoms with Gasteiger partial charge in [0.1, 0.15) is 0 Å². The van der Waals surface area contributed by atoms with Crippen LogP contribution in [0.15, 0.2) is 0 Å². The van der Waals surface area contributed by atoms with Crippen LogP contribution in [0.25, 0.3) is 0 Å². The summed E-state index contributed by atoms with van der Waals surface area (Å²) in [4.78, 5) is 13.8. The molecule has 0 aromatic rings. The average Bonchev–Trinajstić information content (AvgIpc) is 2.62. The number of nitrogens with one attached hydrogen (secondary N) is 1. The number of aliphatic hydroxyl groups excluding tert-OH is 1. The van der Waals surface area contributed by atoms with Crippen molar-refractivity contribution < 1.29 is 9.90 Å². The maximum Gasteiger partial charge on any atom is 0.228 e. The predicted octanol–water partition coefficient (Wildman–Crippen LogP) is 0.214. The zero-order chi connectivity index (χ0) is 11.6. The average molecular weight is 214 g/mol. The van der Waals surface area contributed by atoms with Gasteiger partial charge in [0.05, 0.1) is 12.1 Å². The van der Waals surface area contributed by atoms with Crippen molar-refractivity contribution in [1.82, 2.24) is 10.2 Å². The largest absolute Gasteiger partial charge is 0.390 e. The van der Waals surface area contributed by atoms with E-state index < -0.39 is 6.10 Å². The molecule has 0 aliphatic carbocycles. The molecule has 1 amide bonds. The topological polar surface area (TPSA) is 52.6 Å². The molecule has 15 heavy (non-hydrogen) atoms. The van der Waals surface area contributed by atoms with Gasteiger partial charge in [0.25, 0.3) is 0 Å². The molecule has 0 unspecified atom stereocenters. The molecule has 1 fully saturated rings. The van der Waals surface area contributed by atoms with Gasteiger partial charge in [-0.05, 0) is 6.42 Å². The Morgan fingerprint density at radius 2 is 2.13 bits per heavy atom. The minimum Gasteiger partial charge on any atom is -0.390 e. The fourth-order valence-corrected chi connectivity index (χ4v) is 1.83. The van der Waals surface area contributed by atoms with Gasteiger partial charge in [-0.25, -0.2) is 0 Å². The summed E-state index contributed by atoms with van der Waals surface area (Å²) in [5, 5.41) is 12.8. The molecule has 4 nitrogen and oxygen atoms in total. The van der Waals surface area contributed by atoms with Crippen molar-refractivity contribution >= 4 is 5.91 Å². The Kier molecular flexibility index (Phi) is 3.73. The van der Waals surface area contributed by atoms with E-state index in [1.807, 2.05) is 20.8 Å². The van der Waals surface area contributed by atoms with E-state index in [2.05, 4.69) is 5.32 Å². The maximum absolute atomic E-state index is 12.1. The number of nitrogens with zero attached hydrogens (tertiary/aromatic N) is 1. The van der Waals surface area contributed by atoms with E-state index in [1.54, 1.807) is 11.9 Å². The number of likely N-dealkylation sites (N-methyl/N-ethyl adjacent to an activating group) is 1. The zero-order valence-corrected chi connectivity index (χ0v) is 10.1. The van der Waals surface area contributed by atoms with Gasteiger partial charge in [-0.15, -0.1) is 0 Å². The molecule has 2 N–H and O–H groups in total. The highest BCUT2D eigenvalue weighted by molar-refractivity contribution is 5.82. The Hall–Kier alpha value is -0.610. The molecular formula is C11H22N2O2. The number of hydrogen-bond acceptors (Lipinski definition) is 3. The molecule has 2 atom stereocenters. The highest BCUT2D eigenvalue weighted by Crippen LogP contribution is 2.24. The van der Waals surface area contributed by atoms with Crippen LogP contribution in [0, 0.1) is 5.41 Å². The Morgan fingerprint density at radius 1 is 1.53 bits per heavy atom. The number of hydrogen-bond donors (Lipinski definition) is 2. The summed E-state index contributed by atoms with van der Waals surface area (Å²) < 4.78 is 0. The molecule has 0 spiro atoms. The molecule has 1 saturated heterocycles. The van der Waals surface area contributed by atoms with Gasteiger partial charge in [0, 0.05) is 25.6 Å². The normalized spacial score (nSPS) is 26.7. The van der Waals surface area contributed by atoms with Crippen LogP contribution < -0.4 is 5.32 Å². The van der Waals surface area contributed by atoms with Gasteiger partial charge in [-0.2, -0.15) is 0 Å². The van der Waals surface area contributed by atoms with Crippen molar-refractivity contribution in [3.05, 3.63) is 0 Å². The second-order valence-electron chi connectivity index (χ2n) is 4.95. The first kappa shape index (κ1) is 12.5. The van der Waals surface area contributed by atoms with Crippen LogP contribution in [-0.2, 0) is 4.79 Å². The van der Waals surface area contributed by atoms with Crippen LogP contribution in [0.5, 0.6) is 0 Å². The third-order valence-electron chi connectivity index (χ3n) is 3.43. The zero-order valence-electron chi connectivity index (χ0n) is 10.1. The molecule has 1 aliphatic rings. The van der Waals surface area contributed by atoms with Crippen molar-refractivity contribution in [2.24, 2.45) is 5.41 Å². The molecule has 0 bridgehead atoms. The summed E-state index contributed by atoms with van der Waals surface area (Å²) >= 11 is 0. The molecule has 88 valence electrons. The van der Waals surface area contributed by atoms with E-state index in [4.69, 9.17) is 0 Å². The minimum atomic E-state index is -0.438. The number of aliphatic hydroxyl groups is 1. The minimum absolute atomic E-state index is 0.0803. The van der Waals surface area contributed by atoms with Gasteiger partial charge in [-0.1, -0.05) is 20.8 Å². The van der Waals surface area contributed by atoms with E-state index in [9.17, 15) is 9.90 Å². The second kappa shape index (κ2) is 4.49. The summed E-state index contributed by atoms with van der Waals surface area (Å²) in [6, 6.07) is -0.0803. The fraction of sp³-hybridized carbons (Fsp3) is 0.909. The molecular weight excluding hydrogens is 192 g/mol. The van der Waals surface area contributed by atoms with Crippen LogP contribution in [0.1, 0.15) is 27.2 Å². The number of amides is 1. The summed E-state index contributed by atoms with van der Waals surface area (Å²) in [6.45, 7) is 7.16. The third-order valence-corrected chi connectivity index (χ3v) is 3.43. The van der Waals surface area contributed by atoms with Gasteiger partial charge in [-0.3, -0.25) is 4.79 Å². The van der Waals surface area contributed by atoms with Crippen LogP contribution in [-0.4, -0.2) is 48.2 Å². The van der Waals surface area contributed by atoms with Gasteiger partial charge >= 0.3 is 0 Å². The highest BCUT2D eigenvalue weighted by Gasteiger charge is 2.36. The summed E-state index contributed by atoms with van der Waals surface area (Å²) in [5.41, 5.74) is -0.336. The Morgan fingerprint density at radius 3 is 2.53 bits per heavy atom. The van der Waals surface area contributed by atoms with Crippen molar-refractivity contribution in [3.8, 4) is 0 Å². The summed E-state index contributed by atoms with van der Waals surface area (Å²) in [6.07, 6.45) is 0.374. The van der Waals surface area contributed by atoms with Crippen LogP contribution in [0.4, 0.5) is 0 Å². The molecule has 0 aromatic heterocycles. The Balaban J connectivity index is 2.67. The van der Waals surface area contributed by atoms with Gasteiger partial charge < -0.3 is 15.3 Å². The molecule has 1 heterocycles. The van der Waals surface area contributed by atoms with Crippen molar-refractivity contribution in [3.63, 3.8) is 0 Å². The fourth-order valence-electron chi connectivity index (χ4n) is 1.83. The first-order valence-corrected chi connectivity index (χ1v) is 5.56. The van der Waals surface area contributed by atoms with Crippen LogP contribution in [0.2, 0.25) is 0 Å².